The second kappa shape index (κ2) is 1.98. The number of nitrogens with zero attached hydrogens (tertiary/aromatic N) is 1. The summed E-state index contributed by atoms with van der Waals surface area (Å²) >= 11 is 2.18. The zero-order valence-corrected chi connectivity index (χ0v) is 6.18. The molecule has 0 bridgehead atoms. The van der Waals surface area contributed by atoms with Crippen molar-refractivity contribution in [2.24, 2.45) is 11.1 Å². The first-order chi connectivity index (χ1) is 3.30. The fourth-order valence-electron chi connectivity index (χ4n) is 0.369. The van der Waals surface area contributed by atoms with Crippen LogP contribution in [0.25, 0.3) is 0 Å². The van der Waals surface area contributed by atoms with Crippen molar-refractivity contribution >= 4 is 26.3 Å². The summed E-state index contributed by atoms with van der Waals surface area (Å²) in [5, 5.41) is 3.72. The fourth-order valence-corrected chi connectivity index (χ4v) is 0.689. The number of hydrogen-bond donors (Lipinski definition) is 0. The summed E-state index contributed by atoms with van der Waals surface area (Å²) in [5.41, 5.74) is 0. The molecule has 0 aromatic heterocycles. The van der Waals surface area contributed by atoms with E-state index in [1.54, 1.807) is 0 Å². The van der Waals surface area contributed by atoms with Gasteiger partial charge in [0.1, 0.15) is 10.3 Å². The van der Waals surface area contributed by atoms with Crippen molar-refractivity contribution in [1.29, 1.82) is 0 Å². The van der Waals surface area contributed by atoms with Gasteiger partial charge < -0.3 is 4.84 Å². The zero-order valence-electron chi connectivity index (χ0n) is 4.02. The van der Waals surface area contributed by atoms with Crippen LogP contribution in [0, 0.1) is 5.92 Å². The Kier molecular flexibility index (Phi) is 1.51. The quantitative estimate of drug-likeness (QED) is 0.555. The molecule has 0 aromatic carbocycles. The molecule has 0 aliphatic carbocycles. The van der Waals surface area contributed by atoms with Gasteiger partial charge in [0.2, 0.25) is 0 Å². The molecule has 0 spiro atoms. The van der Waals surface area contributed by atoms with Gasteiger partial charge in [-0.25, -0.2) is 0 Å². The van der Waals surface area contributed by atoms with Gasteiger partial charge >= 0.3 is 0 Å². The minimum absolute atomic E-state index is 0.528. The van der Waals surface area contributed by atoms with Crippen LogP contribution in [0.3, 0.4) is 0 Å². The molecule has 1 rings (SSSR count). The Morgan fingerprint density at radius 3 is 2.86 bits per heavy atom. The highest BCUT2D eigenvalue weighted by atomic mass is 127. The highest BCUT2D eigenvalue weighted by molar-refractivity contribution is 14.1. The molecule has 0 N–H and O–H groups in total. The maximum absolute atomic E-state index is 4.75. The zero-order chi connectivity index (χ0) is 5.28. The van der Waals surface area contributed by atoms with Gasteiger partial charge in [0.15, 0.2) is 0 Å². The summed E-state index contributed by atoms with van der Waals surface area (Å²) in [5.74, 6) is 0.528. The summed E-state index contributed by atoms with van der Waals surface area (Å²) in [6, 6.07) is 0. The van der Waals surface area contributed by atoms with Gasteiger partial charge in [-0.3, -0.25) is 0 Å². The number of halogens is 1. The molecule has 0 radical (unpaired) electrons. The molecule has 1 unspecified atom stereocenters. The van der Waals surface area contributed by atoms with Crippen molar-refractivity contribution in [1.82, 2.24) is 0 Å². The lowest BCUT2D eigenvalue weighted by Gasteiger charge is -1.90. The van der Waals surface area contributed by atoms with Gasteiger partial charge in [-0.15, -0.1) is 0 Å². The molecule has 0 aromatic rings. The Morgan fingerprint density at radius 1 is 2.00 bits per heavy atom. The van der Waals surface area contributed by atoms with E-state index in [1.165, 1.54) is 0 Å². The normalized spacial score (nSPS) is 29.4. The summed E-state index contributed by atoms with van der Waals surface area (Å²) < 4.78 is 1.08. The van der Waals surface area contributed by atoms with Crippen molar-refractivity contribution in [2.75, 3.05) is 6.61 Å². The predicted octanol–water partition coefficient (Wildman–Crippen LogP) is 1.40. The molecule has 7 heavy (non-hydrogen) atoms. The van der Waals surface area contributed by atoms with Crippen molar-refractivity contribution in [3.05, 3.63) is 0 Å². The van der Waals surface area contributed by atoms with Crippen molar-refractivity contribution in [3.8, 4) is 0 Å². The monoisotopic (exact) mass is 211 g/mol. The van der Waals surface area contributed by atoms with Gasteiger partial charge in [0.25, 0.3) is 0 Å². The number of rotatable bonds is 0. The van der Waals surface area contributed by atoms with Crippen LogP contribution in [-0.2, 0) is 4.84 Å². The standard InChI is InChI=1S/C4H6INO/c1-3-2-7-6-4(3)5/h3H,2H2,1H3. The first-order valence-corrected chi connectivity index (χ1v) is 3.24. The Balaban J connectivity index is 2.54. The second-order valence-corrected chi connectivity index (χ2v) is 2.72. The molecule has 1 aliphatic heterocycles. The van der Waals surface area contributed by atoms with Crippen LogP contribution in [0.4, 0.5) is 0 Å². The van der Waals surface area contributed by atoms with E-state index in [2.05, 4.69) is 34.7 Å². The first kappa shape index (κ1) is 5.34. The van der Waals surface area contributed by atoms with Crippen LogP contribution >= 0.6 is 22.6 Å². The Hall–Kier alpha value is 0.200. The highest BCUT2D eigenvalue weighted by Gasteiger charge is 2.13. The minimum atomic E-state index is 0.528. The van der Waals surface area contributed by atoms with E-state index in [1.807, 2.05) is 0 Å². The van der Waals surface area contributed by atoms with Crippen molar-refractivity contribution < 1.29 is 4.84 Å². The maximum atomic E-state index is 4.75. The molecule has 0 amide bonds. The Morgan fingerprint density at radius 2 is 2.71 bits per heavy atom. The van der Waals surface area contributed by atoms with E-state index >= 15 is 0 Å². The van der Waals surface area contributed by atoms with E-state index in [9.17, 15) is 0 Å². The Labute approximate surface area is 56.1 Å². The van der Waals surface area contributed by atoms with E-state index in [0.29, 0.717) is 5.92 Å². The number of oxime groups is 1. The lowest BCUT2D eigenvalue weighted by atomic mass is 10.2. The number of hydrogen-bond acceptors (Lipinski definition) is 2. The van der Waals surface area contributed by atoms with Gasteiger partial charge in [0, 0.05) is 5.92 Å². The molecule has 0 saturated heterocycles. The van der Waals surface area contributed by atoms with Crippen LogP contribution in [0.2, 0.25) is 0 Å². The second-order valence-electron chi connectivity index (χ2n) is 1.61. The third-order valence-electron chi connectivity index (χ3n) is 0.883. The van der Waals surface area contributed by atoms with E-state index in [4.69, 9.17) is 4.84 Å². The molecule has 0 saturated carbocycles. The van der Waals surface area contributed by atoms with Crippen LogP contribution in [0.5, 0.6) is 0 Å². The molecule has 2 nitrogen and oxygen atoms in total. The van der Waals surface area contributed by atoms with Crippen LogP contribution in [-0.4, -0.2) is 10.3 Å². The molecular formula is C4H6INO. The smallest absolute Gasteiger partial charge is 0.125 e. The largest absolute Gasteiger partial charge is 0.394 e. The molecule has 1 aliphatic rings. The fraction of sp³-hybridized carbons (Fsp3) is 0.750. The summed E-state index contributed by atoms with van der Waals surface area (Å²) in [6.07, 6.45) is 0. The lowest BCUT2D eigenvalue weighted by Crippen LogP contribution is -1.99. The first-order valence-electron chi connectivity index (χ1n) is 2.16. The molecule has 1 heterocycles. The van der Waals surface area contributed by atoms with Gasteiger partial charge in [-0.05, 0) is 22.6 Å². The van der Waals surface area contributed by atoms with Crippen LogP contribution in [0.15, 0.2) is 5.16 Å². The molecule has 1 atom stereocenters. The third-order valence-corrected chi connectivity index (χ3v) is 2.14. The maximum Gasteiger partial charge on any atom is 0.125 e. The Bertz CT molecular complexity index is 102. The molecule has 0 fully saturated rings. The van der Waals surface area contributed by atoms with Crippen molar-refractivity contribution in [3.63, 3.8) is 0 Å². The topological polar surface area (TPSA) is 21.6 Å². The molecule has 3 heteroatoms. The summed E-state index contributed by atoms with van der Waals surface area (Å²) in [7, 11) is 0. The van der Waals surface area contributed by atoms with Gasteiger partial charge in [0.05, 0.1) is 0 Å². The highest BCUT2D eigenvalue weighted by Crippen LogP contribution is 2.12. The van der Waals surface area contributed by atoms with Gasteiger partial charge in [-0.2, -0.15) is 0 Å². The molecule has 40 valence electrons. The third kappa shape index (κ3) is 1.05. The van der Waals surface area contributed by atoms with Crippen LogP contribution < -0.4 is 0 Å². The lowest BCUT2D eigenvalue weighted by molar-refractivity contribution is 0.158. The average Bonchev–Trinajstić information content (AvgIpc) is 1.91. The minimum Gasteiger partial charge on any atom is -0.394 e. The van der Waals surface area contributed by atoms with Gasteiger partial charge in [-0.1, -0.05) is 12.1 Å². The SMILES string of the molecule is CC1CON=C1I. The molecular weight excluding hydrogens is 205 g/mol. The summed E-state index contributed by atoms with van der Waals surface area (Å²) in [6.45, 7) is 2.86. The predicted molar refractivity (Wildman–Crippen MR) is 36.6 cm³/mol. The van der Waals surface area contributed by atoms with Crippen molar-refractivity contribution in [2.45, 2.75) is 6.92 Å². The van der Waals surface area contributed by atoms with E-state index < -0.39 is 0 Å². The average molecular weight is 211 g/mol. The van der Waals surface area contributed by atoms with E-state index in [-0.39, 0.29) is 0 Å². The van der Waals surface area contributed by atoms with E-state index in [0.717, 1.165) is 10.3 Å². The summed E-state index contributed by atoms with van der Waals surface area (Å²) in [4.78, 5) is 4.75. The van der Waals surface area contributed by atoms with Crippen LogP contribution in [0.1, 0.15) is 6.92 Å².